The minimum Gasteiger partial charge on any atom is -0.0654 e. The fraction of sp³-hybridized carbons (Fsp3) is 1.00. The average Bonchev–Trinajstić information content (AvgIpc) is 2.52. The van der Waals surface area contributed by atoms with Crippen LogP contribution < -0.4 is 0 Å². The second kappa shape index (κ2) is 4.11. The molecule has 0 radical (unpaired) electrons. The molecule has 0 heterocycles. The van der Waals surface area contributed by atoms with E-state index in [4.69, 9.17) is 0 Å². The van der Waals surface area contributed by atoms with Crippen LogP contribution in [0.15, 0.2) is 0 Å². The highest BCUT2D eigenvalue weighted by atomic mass is 14.5. The Balaban J connectivity index is 1.66. The van der Waals surface area contributed by atoms with E-state index in [-0.39, 0.29) is 0 Å². The molecule has 3 aliphatic carbocycles. The van der Waals surface area contributed by atoms with E-state index in [1.807, 2.05) is 0 Å². The summed E-state index contributed by atoms with van der Waals surface area (Å²) in [4.78, 5) is 0. The van der Waals surface area contributed by atoms with Crippen molar-refractivity contribution in [2.45, 2.75) is 64.7 Å². The highest BCUT2D eigenvalue weighted by molar-refractivity contribution is 4.93. The van der Waals surface area contributed by atoms with Gasteiger partial charge in [-0.1, -0.05) is 19.8 Å². The van der Waals surface area contributed by atoms with E-state index in [9.17, 15) is 0 Å². The van der Waals surface area contributed by atoms with Crippen LogP contribution in [0, 0.1) is 29.6 Å². The van der Waals surface area contributed by atoms with Gasteiger partial charge < -0.3 is 0 Å². The van der Waals surface area contributed by atoms with Crippen LogP contribution in [0.2, 0.25) is 0 Å². The fourth-order valence-electron chi connectivity index (χ4n) is 4.86. The maximum atomic E-state index is 2.37. The maximum Gasteiger partial charge on any atom is -0.0357 e. The molecule has 86 valence electrons. The van der Waals surface area contributed by atoms with Gasteiger partial charge in [0.25, 0.3) is 0 Å². The van der Waals surface area contributed by atoms with E-state index in [0.717, 1.165) is 23.7 Å². The molecule has 0 saturated heterocycles. The first-order valence-electron chi connectivity index (χ1n) is 7.38. The van der Waals surface area contributed by atoms with Gasteiger partial charge >= 0.3 is 0 Å². The number of rotatable bonds is 2. The van der Waals surface area contributed by atoms with E-state index >= 15 is 0 Å². The maximum absolute atomic E-state index is 2.37. The van der Waals surface area contributed by atoms with E-state index in [1.54, 1.807) is 44.9 Å². The molecule has 0 spiro atoms. The lowest BCUT2D eigenvalue weighted by atomic mass is 9.70. The Bertz CT molecular complexity index is 220. The Morgan fingerprint density at radius 1 is 0.800 bits per heavy atom. The minimum absolute atomic E-state index is 1.12. The van der Waals surface area contributed by atoms with Gasteiger partial charge in [0, 0.05) is 0 Å². The van der Waals surface area contributed by atoms with E-state index in [1.165, 1.54) is 18.8 Å². The summed E-state index contributed by atoms with van der Waals surface area (Å²) in [6, 6.07) is 0. The lowest BCUT2D eigenvalue weighted by Gasteiger charge is -2.36. The molecule has 3 saturated carbocycles. The van der Waals surface area contributed by atoms with Crippen molar-refractivity contribution in [3.63, 3.8) is 0 Å². The third kappa shape index (κ3) is 1.74. The third-order valence-electron chi connectivity index (χ3n) is 5.83. The van der Waals surface area contributed by atoms with Gasteiger partial charge in [-0.2, -0.15) is 0 Å². The molecule has 3 aliphatic rings. The number of hydrogen-bond acceptors (Lipinski definition) is 0. The first-order chi connectivity index (χ1) is 7.38. The zero-order valence-electron chi connectivity index (χ0n) is 10.3. The molecule has 5 unspecified atom stereocenters. The molecule has 3 fully saturated rings. The van der Waals surface area contributed by atoms with Crippen molar-refractivity contribution in [1.29, 1.82) is 0 Å². The van der Waals surface area contributed by atoms with Crippen LogP contribution in [0.3, 0.4) is 0 Å². The largest absolute Gasteiger partial charge is 0.0654 e. The lowest BCUT2D eigenvalue weighted by Crippen LogP contribution is -2.25. The number of fused-ring (bicyclic) bond motifs is 2. The third-order valence-corrected chi connectivity index (χ3v) is 5.83. The Kier molecular flexibility index (Phi) is 2.79. The van der Waals surface area contributed by atoms with Gasteiger partial charge in [-0.25, -0.2) is 0 Å². The minimum atomic E-state index is 1.12. The smallest absolute Gasteiger partial charge is 0.0357 e. The standard InChI is InChI=1S/C15H26/c1-2-3-12-5-7-14-10-13-6-4-11(13)8-9-15(12)14/h11-15H,2-10H2,1H3. The molecular formula is C15H26. The van der Waals surface area contributed by atoms with Crippen molar-refractivity contribution in [1.82, 2.24) is 0 Å². The zero-order valence-corrected chi connectivity index (χ0v) is 10.3. The van der Waals surface area contributed by atoms with Crippen molar-refractivity contribution >= 4 is 0 Å². The van der Waals surface area contributed by atoms with Gasteiger partial charge in [-0.15, -0.1) is 0 Å². The molecule has 0 nitrogen and oxygen atoms in total. The van der Waals surface area contributed by atoms with Gasteiger partial charge in [0.1, 0.15) is 0 Å². The Morgan fingerprint density at radius 2 is 1.53 bits per heavy atom. The van der Waals surface area contributed by atoms with Gasteiger partial charge in [-0.3, -0.25) is 0 Å². The van der Waals surface area contributed by atoms with Crippen LogP contribution in [0.5, 0.6) is 0 Å². The molecule has 0 aliphatic heterocycles. The van der Waals surface area contributed by atoms with Crippen LogP contribution in [0.1, 0.15) is 64.7 Å². The summed E-state index contributed by atoms with van der Waals surface area (Å²) in [6.07, 6.45) is 14.0. The predicted octanol–water partition coefficient (Wildman–Crippen LogP) is 4.64. The van der Waals surface area contributed by atoms with Gasteiger partial charge in [-0.05, 0) is 74.5 Å². The highest BCUT2D eigenvalue weighted by Crippen LogP contribution is 2.53. The van der Waals surface area contributed by atoms with Crippen molar-refractivity contribution in [2.24, 2.45) is 29.6 Å². The molecule has 3 rings (SSSR count). The van der Waals surface area contributed by atoms with Crippen molar-refractivity contribution in [2.75, 3.05) is 0 Å². The number of hydrogen-bond donors (Lipinski definition) is 0. The molecule has 0 aromatic carbocycles. The van der Waals surface area contributed by atoms with E-state index in [2.05, 4.69) is 6.92 Å². The van der Waals surface area contributed by atoms with Crippen LogP contribution in [0.25, 0.3) is 0 Å². The van der Waals surface area contributed by atoms with Gasteiger partial charge in [0.15, 0.2) is 0 Å². The van der Waals surface area contributed by atoms with Gasteiger partial charge in [0.2, 0.25) is 0 Å². The average molecular weight is 206 g/mol. The van der Waals surface area contributed by atoms with Gasteiger partial charge in [0.05, 0.1) is 0 Å². The molecule has 0 amide bonds. The van der Waals surface area contributed by atoms with Crippen LogP contribution >= 0.6 is 0 Å². The summed E-state index contributed by atoms with van der Waals surface area (Å²) in [5.74, 6) is 5.75. The van der Waals surface area contributed by atoms with Crippen molar-refractivity contribution < 1.29 is 0 Å². The summed E-state index contributed by atoms with van der Waals surface area (Å²) >= 11 is 0. The summed E-state index contributed by atoms with van der Waals surface area (Å²) in [7, 11) is 0. The predicted molar refractivity (Wildman–Crippen MR) is 64.7 cm³/mol. The Hall–Kier alpha value is 0. The molecular weight excluding hydrogens is 180 g/mol. The molecule has 15 heavy (non-hydrogen) atoms. The first-order valence-corrected chi connectivity index (χ1v) is 7.38. The van der Waals surface area contributed by atoms with E-state index in [0.29, 0.717) is 0 Å². The van der Waals surface area contributed by atoms with Crippen LogP contribution in [0.4, 0.5) is 0 Å². The quantitative estimate of drug-likeness (QED) is 0.617. The summed E-state index contributed by atoms with van der Waals surface area (Å²) < 4.78 is 0. The Morgan fingerprint density at radius 3 is 2.27 bits per heavy atom. The van der Waals surface area contributed by atoms with Crippen LogP contribution in [-0.2, 0) is 0 Å². The highest BCUT2D eigenvalue weighted by Gasteiger charge is 2.43. The van der Waals surface area contributed by atoms with E-state index < -0.39 is 0 Å². The topological polar surface area (TPSA) is 0 Å². The van der Waals surface area contributed by atoms with Crippen LogP contribution in [-0.4, -0.2) is 0 Å². The normalized spacial score (nSPS) is 49.0. The molecule has 0 aromatic rings. The molecule has 5 atom stereocenters. The van der Waals surface area contributed by atoms with Crippen molar-refractivity contribution in [3.8, 4) is 0 Å². The lowest BCUT2D eigenvalue weighted by molar-refractivity contribution is 0.151. The second-order valence-electron chi connectivity index (χ2n) is 6.46. The summed E-state index contributed by atoms with van der Waals surface area (Å²) in [5, 5.41) is 0. The SMILES string of the molecule is CCCC1CCC2CC3CCC3CCC12. The fourth-order valence-corrected chi connectivity index (χ4v) is 4.86. The molecule has 0 N–H and O–H groups in total. The molecule has 0 aromatic heterocycles. The summed E-state index contributed by atoms with van der Waals surface area (Å²) in [5.41, 5.74) is 0. The molecule has 0 heteroatoms. The second-order valence-corrected chi connectivity index (χ2v) is 6.46. The molecule has 0 bridgehead atoms. The zero-order chi connectivity index (χ0) is 10.3. The summed E-state index contributed by atoms with van der Waals surface area (Å²) in [6.45, 7) is 2.37. The van der Waals surface area contributed by atoms with Crippen molar-refractivity contribution in [3.05, 3.63) is 0 Å². The first kappa shape index (κ1) is 10.2. The Labute approximate surface area is 94.8 Å². The monoisotopic (exact) mass is 206 g/mol.